The minimum atomic E-state index is -1.01. The Morgan fingerprint density at radius 3 is 2.78 bits per heavy atom. The highest BCUT2D eigenvalue weighted by Crippen LogP contribution is 2.16. The molecule has 5 nitrogen and oxygen atoms in total. The first kappa shape index (κ1) is 14.7. The molecule has 0 spiro atoms. The van der Waals surface area contributed by atoms with Crippen LogP contribution in [0.25, 0.3) is 0 Å². The predicted molar refractivity (Wildman–Crippen MR) is 67.5 cm³/mol. The second-order valence-corrected chi connectivity index (χ2v) is 5.26. The maximum absolute atomic E-state index is 10.9. The van der Waals surface area contributed by atoms with Crippen LogP contribution < -0.4 is 5.32 Å². The molecule has 0 amide bonds. The van der Waals surface area contributed by atoms with E-state index in [1.54, 1.807) is 6.92 Å². The third-order valence-electron chi connectivity index (χ3n) is 2.62. The lowest BCUT2D eigenvalue weighted by Crippen LogP contribution is -2.38. The van der Waals surface area contributed by atoms with Crippen LogP contribution in [-0.2, 0) is 6.54 Å². The molecule has 0 aliphatic carbocycles. The topological polar surface area (TPSA) is 82.7 Å². The SMILES string of the molecule is CC(C)CC(C)(O)CNCc1occc1C(=O)O. The number of furan rings is 1. The smallest absolute Gasteiger partial charge is 0.339 e. The van der Waals surface area contributed by atoms with Crippen molar-refractivity contribution in [3.05, 3.63) is 23.7 Å². The number of carboxylic acid groups (broad SMARTS) is 1. The zero-order chi connectivity index (χ0) is 13.8. The Morgan fingerprint density at radius 1 is 1.56 bits per heavy atom. The summed E-state index contributed by atoms with van der Waals surface area (Å²) in [7, 11) is 0. The van der Waals surface area contributed by atoms with Crippen molar-refractivity contribution in [2.45, 2.75) is 39.3 Å². The van der Waals surface area contributed by atoms with E-state index < -0.39 is 11.6 Å². The highest BCUT2D eigenvalue weighted by molar-refractivity contribution is 5.88. The highest BCUT2D eigenvalue weighted by atomic mass is 16.4. The Morgan fingerprint density at radius 2 is 2.22 bits per heavy atom. The number of nitrogens with one attached hydrogen (secondary N) is 1. The minimum Gasteiger partial charge on any atom is -0.478 e. The van der Waals surface area contributed by atoms with E-state index in [0.29, 0.717) is 31.2 Å². The number of aliphatic hydroxyl groups is 1. The summed E-state index contributed by atoms with van der Waals surface area (Å²) in [5, 5.41) is 22.0. The van der Waals surface area contributed by atoms with Gasteiger partial charge < -0.3 is 19.9 Å². The maximum atomic E-state index is 10.9. The van der Waals surface area contributed by atoms with Gasteiger partial charge in [-0.3, -0.25) is 0 Å². The van der Waals surface area contributed by atoms with Crippen LogP contribution in [0.3, 0.4) is 0 Å². The van der Waals surface area contributed by atoms with Gasteiger partial charge in [0.05, 0.1) is 18.4 Å². The fraction of sp³-hybridized carbons (Fsp3) is 0.615. The van der Waals surface area contributed by atoms with Gasteiger partial charge >= 0.3 is 5.97 Å². The van der Waals surface area contributed by atoms with Crippen molar-refractivity contribution in [2.24, 2.45) is 5.92 Å². The second-order valence-electron chi connectivity index (χ2n) is 5.26. The van der Waals surface area contributed by atoms with Crippen LogP contribution in [0.1, 0.15) is 43.3 Å². The second kappa shape index (κ2) is 6.02. The molecule has 0 aliphatic rings. The van der Waals surface area contributed by atoms with Crippen LogP contribution in [-0.4, -0.2) is 28.3 Å². The van der Waals surface area contributed by atoms with Gasteiger partial charge in [-0.1, -0.05) is 13.8 Å². The third-order valence-corrected chi connectivity index (χ3v) is 2.62. The van der Waals surface area contributed by atoms with E-state index in [9.17, 15) is 9.90 Å². The number of hydrogen-bond acceptors (Lipinski definition) is 4. The molecule has 5 heteroatoms. The Balaban J connectivity index is 2.46. The molecule has 1 atom stereocenters. The predicted octanol–water partition coefficient (Wildman–Crippen LogP) is 1.86. The van der Waals surface area contributed by atoms with Crippen molar-refractivity contribution in [3.8, 4) is 0 Å². The fourth-order valence-corrected chi connectivity index (χ4v) is 2.07. The van der Waals surface area contributed by atoms with Gasteiger partial charge in [-0.05, 0) is 25.3 Å². The van der Waals surface area contributed by atoms with Crippen LogP contribution in [0, 0.1) is 5.92 Å². The van der Waals surface area contributed by atoms with Crippen LogP contribution in [0.4, 0.5) is 0 Å². The van der Waals surface area contributed by atoms with Gasteiger partial charge in [0.2, 0.25) is 0 Å². The first-order valence-corrected chi connectivity index (χ1v) is 6.04. The Kier molecular flexibility index (Phi) is 4.93. The molecule has 102 valence electrons. The average molecular weight is 255 g/mol. The number of carbonyl (C=O) groups is 1. The quantitative estimate of drug-likeness (QED) is 0.692. The Hall–Kier alpha value is -1.33. The molecule has 0 radical (unpaired) electrons. The summed E-state index contributed by atoms with van der Waals surface area (Å²) in [6, 6.07) is 1.42. The molecule has 0 aliphatic heterocycles. The standard InChI is InChI=1S/C13H21NO4/c1-9(2)6-13(3,17)8-14-7-11-10(12(15)16)4-5-18-11/h4-5,9,14,17H,6-8H2,1-3H3,(H,15,16). The van der Waals surface area contributed by atoms with Crippen LogP contribution in [0.2, 0.25) is 0 Å². The van der Waals surface area contributed by atoms with E-state index in [2.05, 4.69) is 5.32 Å². The van der Waals surface area contributed by atoms with Crippen molar-refractivity contribution in [1.82, 2.24) is 5.32 Å². The molecule has 0 saturated heterocycles. The van der Waals surface area contributed by atoms with E-state index in [1.165, 1.54) is 12.3 Å². The normalized spacial score (nSPS) is 14.7. The zero-order valence-corrected chi connectivity index (χ0v) is 11.1. The van der Waals surface area contributed by atoms with Crippen LogP contribution in [0.5, 0.6) is 0 Å². The first-order chi connectivity index (χ1) is 8.32. The lowest BCUT2D eigenvalue weighted by atomic mass is 9.94. The fourth-order valence-electron chi connectivity index (χ4n) is 2.07. The molecule has 0 fully saturated rings. The monoisotopic (exact) mass is 255 g/mol. The minimum absolute atomic E-state index is 0.158. The molecule has 1 aromatic rings. The zero-order valence-electron chi connectivity index (χ0n) is 11.1. The van der Waals surface area contributed by atoms with Crippen LogP contribution in [0.15, 0.2) is 16.7 Å². The lowest BCUT2D eigenvalue weighted by Gasteiger charge is -2.25. The maximum Gasteiger partial charge on any atom is 0.339 e. The summed E-state index contributed by atoms with van der Waals surface area (Å²) in [4.78, 5) is 10.9. The van der Waals surface area contributed by atoms with Crippen molar-refractivity contribution in [1.29, 1.82) is 0 Å². The largest absolute Gasteiger partial charge is 0.478 e. The van der Waals surface area contributed by atoms with Crippen molar-refractivity contribution in [2.75, 3.05) is 6.54 Å². The number of carboxylic acids is 1. The molecule has 1 aromatic heterocycles. The van der Waals surface area contributed by atoms with Crippen molar-refractivity contribution < 1.29 is 19.4 Å². The van der Waals surface area contributed by atoms with Crippen molar-refractivity contribution in [3.63, 3.8) is 0 Å². The molecular weight excluding hydrogens is 234 g/mol. The number of aromatic carboxylic acids is 1. The van der Waals surface area contributed by atoms with Gasteiger partial charge in [-0.25, -0.2) is 4.79 Å². The molecule has 1 rings (SSSR count). The van der Waals surface area contributed by atoms with Gasteiger partial charge in [0.1, 0.15) is 11.3 Å². The molecule has 1 heterocycles. The number of hydrogen-bond donors (Lipinski definition) is 3. The summed E-state index contributed by atoms with van der Waals surface area (Å²) >= 11 is 0. The first-order valence-electron chi connectivity index (χ1n) is 6.04. The molecule has 18 heavy (non-hydrogen) atoms. The molecule has 0 bridgehead atoms. The van der Waals surface area contributed by atoms with Gasteiger partial charge in [0, 0.05) is 6.54 Å². The Labute approximate surface area is 107 Å². The van der Waals surface area contributed by atoms with Gasteiger partial charge in [-0.2, -0.15) is 0 Å². The van der Waals surface area contributed by atoms with Gasteiger partial charge in [0.25, 0.3) is 0 Å². The van der Waals surface area contributed by atoms with E-state index in [1.807, 2.05) is 13.8 Å². The van der Waals surface area contributed by atoms with Gasteiger partial charge in [0.15, 0.2) is 0 Å². The van der Waals surface area contributed by atoms with E-state index in [4.69, 9.17) is 9.52 Å². The highest BCUT2D eigenvalue weighted by Gasteiger charge is 2.22. The van der Waals surface area contributed by atoms with E-state index in [-0.39, 0.29) is 5.56 Å². The average Bonchev–Trinajstić information content (AvgIpc) is 2.63. The summed E-state index contributed by atoms with van der Waals surface area (Å²) in [5.41, 5.74) is -0.643. The summed E-state index contributed by atoms with van der Waals surface area (Å²) < 4.78 is 5.10. The van der Waals surface area contributed by atoms with E-state index in [0.717, 1.165) is 0 Å². The summed E-state index contributed by atoms with van der Waals surface area (Å²) in [6.07, 6.45) is 2.04. The van der Waals surface area contributed by atoms with Crippen molar-refractivity contribution >= 4 is 5.97 Å². The Bertz CT molecular complexity index is 395. The van der Waals surface area contributed by atoms with Gasteiger partial charge in [-0.15, -0.1) is 0 Å². The number of rotatable bonds is 7. The van der Waals surface area contributed by atoms with E-state index >= 15 is 0 Å². The third kappa shape index (κ3) is 4.50. The molecule has 0 saturated carbocycles. The molecule has 1 unspecified atom stereocenters. The lowest BCUT2D eigenvalue weighted by molar-refractivity contribution is 0.0379. The molecule has 3 N–H and O–H groups in total. The summed E-state index contributed by atoms with van der Waals surface area (Å²) in [5.74, 6) is -0.225. The summed E-state index contributed by atoms with van der Waals surface area (Å²) in [6.45, 7) is 6.54. The molecule has 0 aromatic carbocycles. The molecular formula is C13H21NO4. The van der Waals surface area contributed by atoms with Crippen LogP contribution >= 0.6 is 0 Å².